The Labute approximate surface area is 149 Å². The molecule has 0 radical (unpaired) electrons. The first-order valence-electron chi connectivity index (χ1n) is 7.95. The molecule has 0 heterocycles. The Bertz CT molecular complexity index is 967. The Balaban J connectivity index is 1.89. The van der Waals surface area contributed by atoms with Gasteiger partial charge in [0.05, 0.1) is 11.0 Å². The third-order valence-electron chi connectivity index (χ3n) is 4.03. The van der Waals surface area contributed by atoms with E-state index in [2.05, 4.69) is 5.32 Å². The normalized spacial score (nSPS) is 11.6. The van der Waals surface area contributed by atoms with Gasteiger partial charge in [0.1, 0.15) is 29.2 Å². The van der Waals surface area contributed by atoms with Gasteiger partial charge >= 0.3 is 0 Å². The van der Waals surface area contributed by atoms with Crippen molar-refractivity contribution in [3.05, 3.63) is 69.4 Å². The van der Waals surface area contributed by atoms with Crippen LogP contribution in [0.1, 0.15) is 17.5 Å². The van der Waals surface area contributed by atoms with Crippen molar-refractivity contribution < 1.29 is 9.66 Å². The molecule has 7 nitrogen and oxygen atoms in total. The van der Waals surface area contributed by atoms with Gasteiger partial charge in [0.25, 0.3) is 5.69 Å². The number of allylic oxidation sites excluding steroid dienone is 1. The second-order valence-electron chi connectivity index (χ2n) is 5.78. The molecule has 128 valence electrons. The molecule has 0 atom stereocenters. The number of nitro groups is 1. The zero-order chi connectivity index (χ0) is 18.5. The Morgan fingerprint density at radius 2 is 1.88 bits per heavy atom. The molecule has 0 bridgehead atoms. The molecule has 0 spiro atoms. The molecular weight excluding hydrogens is 332 g/mol. The number of nitrogens with zero attached hydrogens (tertiary/aromatic N) is 3. The number of hydrogen-bond donors (Lipinski definition) is 1. The van der Waals surface area contributed by atoms with E-state index in [4.69, 9.17) is 15.3 Å². The number of fused-ring (bicyclic) bond motifs is 1. The zero-order valence-corrected chi connectivity index (χ0v) is 13.7. The highest BCUT2D eigenvalue weighted by Gasteiger charge is 2.14. The van der Waals surface area contributed by atoms with Gasteiger partial charge in [0.2, 0.25) is 0 Å². The van der Waals surface area contributed by atoms with Crippen molar-refractivity contribution in [2.45, 2.75) is 19.3 Å². The van der Waals surface area contributed by atoms with Crippen LogP contribution in [0.25, 0.3) is 0 Å². The fourth-order valence-electron chi connectivity index (χ4n) is 2.82. The predicted molar refractivity (Wildman–Crippen MR) is 94.6 cm³/mol. The van der Waals surface area contributed by atoms with Crippen LogP contribution in [-0.4, -0.2) is 4.92 Å². The van der Waals surface area contributed by atoms with Crippen molar-refractivity contribution in [3.63, 3.8) is 0 Å². The molecule has 0 fully saturated rings. The summed E-state index contributed by atoms with van der Waals surface area (Å²) in [6.07, 6.45) is 4.38. The lowest BCUT2D eigenvalue weighted by Crippen LogP contribution is -1.95. The molecule has 0 amide bonds. The van der Waals surface area contributed by atoms with Gasteiger partial charge in [-0.05, 0) is 42.5 Å². The highest BCUT2D eigenvalue weighted by atomic mass is 16.6. The van der Waals surface area contributed by atoms with E-state index in [9.17, 15) is 10.1 Å². The molecule has 0 unspecified atom stereocenters. The smallest absolute Gasteiger partial charge is 0.275 e. The van der Waals surface area contributed by atoms with E-state index in [0.717, 1.165) is 19.3 Å². The maximum absolute atomic E-state index is 11.2. The predicted octanol–water partition coefficient (Wildman–Crippen LogP) is 4.22. The summed E-state index contributed by atoms with van der Waals surface area (Å²) in [5.74, 6) is 0.908. The van der Waals surface area contributed by atoms with E-state index in [1.54, 1.807) is 18.2 Å². The molecule has 26 heavy (non-hydrogen) atoms. The summed E-state index contributed by atoms with van der Waals surface area (Å²) in [6, 6.07) is 13.4. The molecule has 1 aliphatic rings. The van der Waals surface area contributed by atoms with E-state index in [1.807, 2.05) is 18.2 Å². The third kappa shape index (κ3) is 3.80. The highest BCUT2D eigenvalue weighted by molar-refractivity contribution is 5.59. The number of hydrogen-bond acceptors (Lipinski definition) is 6. The van der Waals surface area contributed by atoms with Gasteiger partial charge in [0, 0.05) is 24.0 Å². The summed E-state index contributed by atoms with van der Waals surface area (Å²) in [6.45, 7) is 0. The summed E-state index contributed by atoms with van der Waals surface area (Å²) in [5, 5.41) is 31.4. The zero-order valence-electron chi connectivity index (χ0n) is 13.7. The fraction of sp³-hybridized carbons (Fsp3) is 0.158. The lowest BCUT2D eigenvalue weighted by atomic mass is 10.1. The average molecular weight is 346 g/mol. The van der Waals surface area contributed by atoms with E-state index in [0.29, 0.717) is 17.2 Å². The van der Waals surface area contributed by atoms with E-state index in [1.165, 1.54) is 29.5 Å². The number of nitriles is 2. The van der Waals surface area contributed by atoms with Gasteiger partial charge in [-0.2, -0.15) is 10.5 Å². The molecule has 2 aromatic carbocycles. The standard InChI is InChI=1S/C19H14N4O3/c20-10-13(11-21)12-22-16-7-17(23(24)25)9-19(8-16)26-18-5-4-14-2-1-3-15(14)6-18/h4-9,12,22H,1-3H2. The van der Waals surface area contributed by atoms with Gasteiger partial charge in [-0.1, -0.05) is 6.07 Å². The monoisotopic (exact) mass is 346 g/mol. The van der Waals surface area contributed by atoms with Crippen LogP contribution in [0.3, 0.4) is 0 Å². The average Bonchev–Trinajstić information content (AvgIpc) is 3.10. The van der Waals surface area contributed by atoms with Crippen molar-refractivity contribution in [1.29, 1.82) is 10.5 Å². The lowest BCUT2D eigenvalue weighted by Gasteiger charge is -2.09. The van der Waals surface area contributed by atoms with Crippen molar-refractivity contribution in [1.82, 2.24) is 0 Å². The molecule has 0 saturated carbocycles. The number of nitrogens with one attached hydrogen (secondary N) is 1. The van der Waals surface area contributed by atoms with Crippen molar-refractivity contribution in [3.8, 4) is 23.6 Å². The third-order valence-corrected chi connectivity index (χ3v) is 4.03. The Kier molecular flexibility index (Phi) is 4.82. The Morgan fingerprint density at radius 1 is 1.12 bits per heavy atom. The van der Waals surface area contributed by atoms with E-state index >= 15 is 0 Å². The Morgan fingerprint density at radius 3 is 2.62 bits per heavy atom. The minimum atomic E-state index is -0.528. The van der Waals surface area contributed by atoms with Crippen molar-refractivity contribution >= 4 is 11.4 Å². The van der Waals surface area contributed by atoms with Crippen LogP contribution in [0.4, 0.5) is 11.4 Å². The number of ether oxygens (including phenoxy) is 1. The van der Waals surface area contributed by atoms with Crippen LogP contribution in [0.2, 0.25) is 0 Å². The maximum Gasteiger partial charge on any atom is 0.275 e. The molecule has 7 heteroatoms. The molecule has 1 N–H and O–H groups in total. The number of anilines is 1. The number of aryl methyl sites for hydroxylation is 2. The molecule has 0 aromatic heterocycles. The largest absolute Gasteiger partial charge is 0.457 e. The minimum absolute atomic E-state index is 0.141. The maximum atomic E-state index is 11.2. The van der Waals surface area contributed by atoms with Crippen molar-refractivity contribution in [2.75, 3.05) is 5.32 Å². The molecule has 0 saturated heterocycles. The van der Waals surface area contributed by atoms with Crippen molar-refractivity contribution in [2.24, 2.45) is 0 Å². The Hall–Kier alpha value is -3.84. The first kappa shape index (κ1) is 17.0. The summed E-state index contributed by atoms with van der Waals surface area (Å²) < 4.78 is 5.80. The van der Waals surface area contributed by atoms with Crippen LogP contribution in [-0.2, 0) is 12.8 Å². The van der Waals surface area contributed by atoms with Gasteiger partial charge in [-0.3, -0.25) is 10.1 Å². The lowest BCUT2D eigenvalue weighted by molar-refractivity contribution is -0.384. The molecular formula is C19H14N4O3. The number of benzene rings is 2. The fourth-order valence-corrected chi connectivity index (χ4v) is 2.82. The summed E-state index contributed by atoms with van der Waals surface area (Å²) in [7, 11) is 0. The molecule has 1 aliphatic carbocycles. The second-order valence-corrected chi connectivity index (χ2v) is 5.78. The molecule has 2 aromatic rings. The van der Waals surface area contributed by atoms with Crippen LogP contribution in [0.5, 0.6) is 11.5 Å². The van der Waals surface area contributed by atoms with Gasteiger partial charge in [-0.15, -0.1) is 0 Å². The quantitative estimate of drug-likeness (QED) is 0.493. The molecule has 0 aliphatic heterocycles. The van der Waals surface area contributed by atoms with E-state index in [-0.39, 0.29) is 11.3 Å². The van der Waals surface area contributed by atoms with Gasteiger partial charge in [-0.25, -0.2) is 0 Å². The summed E-state index contributed by atoms with van der Waals surface area (Å²) in [4.78, 5) is 10.6. The first-order chi connectivity index (χ1) is 12.6. The van der Waals surface area contributed by atoms with E-state index < -0.39 is 4.92 Å². The van der Waals surface area contributed by atoms with Crippen LogP contribution >= 0.6 is 0 Å². The van der Waals surface area contributed by atoms with Gasteiger partial charge < -0.3 is 10.1 Å². The number of nitro benzene ring substituents is 1. The summed E-state index contributed by atoms with van der Waals surface area (Å²) in [5.41, 5.74) is 2.59. The molecule has 3 rings (SSSR count). The first-order valence-corrected chi connectivity index (χ1v) is 7.95. The minimum Gasteiger partial charge on any atom is -0.457 e. The number of rotatable bonds is 5. The highest BCUT2D eigenvalue weighted by Crippen LogP contribution is 2.32. The SMILES string of the molecule is N#CC(C#N)=CNc1cc(Oc2ccc3c(c2)CCC3)cc([N+](=O)[O-])c1. The van der Waals surface area contributed by atoms with Crippen LogP contribution in [0, 0.1) is 32.8 Å². The number of non-ortho nitro benzene ring substituents is 1. The van der Waals surface area contributed by atoms with Gasteiger partial charge in [0.15, 0.2) is 0 Å². The summed E-state index contributed by atoms with van der Waals surface area (Å²) >= 11 is 0. The topological polar surface area (TPSA) is 112 Å². The van der Waals surface area contributed by atoms with Crippen LogP contribution < -0.4 is 10.1 Å². The van der Waals surface area contributed by atoms with Crippen LogP contribution in [0.15, 0.2) is 48.2 Å². The second kappa shape index (κ2) is 7.37.